The Balaban J connectivity index is 2.54. The molecule has 0 aromatic heterocycles. The summed E-state index contributed by atoms with van der Waals surface area (Å²) in [5.74, 6) is -0.141. The van der Waals surface area contributed by atoms with Gasteiger partial charge in [-0.25, -0.2) is 13.2 Å². The lowest BCUT2D eigenvalue weighted by molar-refractivity contribution is 0.0720. The Morgan fingerprint density at radius 2 is 2.15 bits per heavy atom. The highest BCUT2D eigenvalue weighted by molar-refractivity contribution is 9.10. The van der Waals surface area contributed by atoms with Gasteiger partial charge in [0.05, 0.1) is 13.2 Å². The molecule has 1 aliphatic heterocycles. The molecule has 1 aliphatic rings. The number of hydrogen-bond donors (Lipinski definition) is 2. The van der Waals surface area contributed by atoms with Crippen LogP contribution in [0.5, 0.6) is 5.75 Å². The number of rotatable bonds is 4. The fourth-order valence-electron chi connectivity index (χ4n) is 2.77. The van der Waals surface area contributed by atoms with Crippen LogP contribution in [0.25, 0.3) is 0 Å². The highest BCUT2D eigenvalue weighted by Crippen LogP contribution is 2.35. The highest BCUT2D eigenvalue weighted by Gasteiger charge is 2.38. The van der Waals surface area contributed by atoms with Gasteiger partial charge in [0.1, 0.15) is 16.7 Å². The highest BCUT2D eigenvalue weighted by atomic mass is 79.9. The quantitative estimate of drug-likeness (QED) is 0.724. The van der Waals surface area contributed by atoms with E-state index in [0.29, 0.717) is 4.47 Å². The van der Waals surface area contributed by atoms with Gasteiger partial charge in [-0.05, 0) is 25.1 Å². The Morgan fingerprint density at radius 1 is 1.50 bits per heavy atom. The van der Waals surface area contributed by atoms with Gasteiger partial charge in [-0.15, -0.1) is 0 Å². The maximum atomic E-state index is 13.1. The molecule has 2 rings (SSSR count). The van der Waals surface area contributed by atoms with E-state index in [4.69, 9.17) is 9.84 Å². The number of amides is 1. The monoisotopic (exact) mass is 450 g/mol. The van der Waals surface area contributed by atoms with Crippen molar-refractivity contribution in [3.05, 3.63) is 22.7 Å². The van der Waals surface area contributed by atoms with Crippen LogP contribution in [0, 0.1) is 5.92 Å². The molecule has 1 aromatic rings. The Labute approximate surface area is 161 Å². The van der Waals surface area contributed by atoms with Crippen LogP contribution in [-0.2, 0) is 10.0 Å². The molecule has 26 heavy (non-hydrogen) atoms. The van der Waals surface area contributed by atoms with Crippen LogP contribution in [0.2, 0.25) is 0 Å². The van der Waals surface area contributed by atoms with Crippen LogP contribution >= 0.6 is 15.9 Å². The van der Waals surface area contributed by atoms with Gasteiger partial charge in [0.15, 0.2) is 0 Å². The van der Waals surface area contributed by atoms with E-state index in [9.17, 15) is 18.3 Å². The summed E-state index contributed by atoms with van der Waals surface area (Å²) in [6.45, 7) is 3.31. The number of carbonyl (C=O) groups is 1. The number of fused-ring (bicyclic) bond motifs is 1. The molecule has 2 N–H and O–H groups in total. The Hall–Kier alpha value is -1.36. The van der Waals surface area contributed by atoms with Crippen molar-refractivity contribution in [2.75, 3.05) is 26.7 Å². The molecule has 0 radical (unpaired) electrons. The van der Waals surface area contributed by atoms with Crippen LogP contribution in [0.15, 0.2) is 27.6 Å². The summed E-state index contributed by atoms with van der Waals surface area (Å²) in [5.41, 5.74) is 0. The van der Waals surface area contributed by atoms with Crippen molar-refractivity contribution in [3.63, 3.8) is 0 Å². The lowest BCUT2D eigenvalue weighted by atomic mass is 10.0. The van der Waals surface area contributed by atoms with E-state index in [1.54, 1.807) is 26.0 Å². The van der Waals surface area contributed by atoms with Gasteiger partial charge in [-0.3, -0.25) is 0 Å². The average Bonchev–Trinajstić information content (AvgIpc) is 2.56. The van der Waals surface area contributed by atoms with E-state index in [0.717, 1.165) is 4.90 Å². The van der Waals surface area contributed by atoms with Crippen molar-refractivity contribution in [2.24, 2.45) is 5.92 Å². The molecule has 0 bridgehead atoms. The number of aliphatic hydroxyl groups excluding tert-OH is 1. The molecule has 1 amide bonds. The first kappa shape index (κ1) is 20.9. The second-order valence-corrected chi connectivity index (χ2v) is 9.27. The van der Waals surface area contributed by atoms with E-state index in [2.05, 4.69) is 15.9 Å². The molecule has 10 heteroatoms. The molecule has 3 atom stereocenters. The Morgan fingerprint density at radius 3 is 2.73 bits per heavy atom. The van der Waals surface area contributed by atoms with E-state index in [-0.39, 0.29) is 36.3 Å². The van der Waals surface area contributed by atoms with Crippen molar-refractivity contribution in [3.8, 4) is 5.75 Å². The molecular weight excluding hydrogens is 428 g/mol. The van der Waals surface area contributed by atoms with Crippen molar-refractivity contribution >= 4 is 32.0 Å². The maximum absolute atomic E-state index is 13.1. The predicted molar refractivity (Wildman–Crippen MR) is 98.8 cm³/mol. The molecule has 0 fully saturated rings. The van der Waals surface area contributed by atoms with E-state index >= 15 is 0 Å². The van der Waals surface area contributed by atoms with Gasteiger partial charge in [-0.2, -0.15) is 4.31 Å². The van der Waals surface area contributed by atoms with Crippen LogP contribution in [0.3, 0.4) is 0 Å². The zero-order valence-electron chi connectivity index (χ0n) is 14.8. The number of aliphatic hydroxyl groups is 1. The summed E-state index contributed by atoms with van der Waals surface area (Å²) in [4.78, 5) is 12.3. The molecule has 1 heterocycles. The van der Waals surface area contributed by atoms with Crippen molar-refractivity contribution in [1.82, 2.24) is 9.21 Å². The lowest BCUT2D eigenvalue weighted by Crippen LogP contribution is -2.50. The number of halogens is 1. The number of nitrogens with zero attached hydrogens (tertiary/aromatic N) is 2. The summed E-state index contributed by atoms with van der Waals surface area (Å²) >= 11 is 3.31. The zero-order chi connectivity index (χ0) is 19.6. The van der Waals surface area contributed by atoms with E-state index in [1.807, 2.05) is 0 Å². The average molecular weight is 451 g/mol. The Bertz CT molecular complexity index is 772. The second kappa shape index (κ2) is 8.12. The van der Waals surface area contributed by atoms with E-state index < -0.39 is 28.3 Å². The van der Waals surface area contributed by atoms with Gasteiger partial charge in [0.25, 0.3) is 0 Å². The van der Waals surface area contributed by atoms with Crippen molar-refractivity contribution in [2.45, 2.75) is 30.9 Å². The summed E-state index contributed by atoms with van der Waals surface area (Å²) in [7, 11) is -2.44. The number of ether oxygens (including phenoxy) is 1. The minimum atomic E-state index is -3.87. The van der Waals surface area contributed by atoms with E-state index in [1.165, 1.54) is 17.4 Å². The van der Waals surface area contributed by atoms with Gasteiger partial charge in [-0.1, -0.05) is 22.9 Å². The fraction of sp³-hybridized carbons (Fsp3) is 0.562. The summed E-state index contributed by atoms with van der Waals surface area (Å²) in [6.07, 6.45) is -1.64. The van der Waals surface area contributed by atoms with Gasteiger partial charge in [0.2, 0.25) is 10.0 Å². The molecule has 0 aliphatic carbocycles. The molecule has 0 saturated heterocycles. The van der Waals surface area contributed by atoms with Crippen molar-refractivity contribution < 1.29 is 28.2 Å². The van der Waals surface area contributed by atoms with Crippen LogP contribution in [-0.4, -0.2) is 72.8 Å². The third-order valence-corrected chi connectivity index (χ3v) is 6.92. The van der Waals surface area contributed by atoms with Crippen LogP contribution in [0.1, 0.15) is 13.8 Å². The fourth-order valence-corrected chi connectivity index (χ4v) is 4.93. The van der Waals surface area contributed by atoms with Gasteiger partial charge >= 0.3 is 6.09 Å². The largest absolute Gasteiger partial charge is 0.487 e. The minimum absolute atomic E-state index is 0.00382. The number of benzene rings is 1. The summed E-state index contributed by atoms with van der Waals surface area (Å²) < 4.78 is 34.0. The Kier molecular flexibility index (Phi) is 6.54. The summed E-state index contributed by atoms with van der Waals surface area (Å²) in [6, 6.07) is 3.99. The zero-order valence-corrected chi connectivity index (χ0v) is 17.2. The standard InChI is InChI=1S/C16H23BrN2O6S/c1-10-7-19(11(2)9-20)26(23,24)15-5-4-12(17)6-13(15)25-14(10)8-18(3)16(21)22/h4-6,10-11,14,20H,7-9H2,1-3H3,(H,21,22)/t10-,11+,14+/m1/s1. The first-order valence-corrected chi connectivity index (χ1v) is 10.3. The lowest BCUT2D eigenvalue weighted by Gasteiger charge is -2.37. The second-order valence-electron chi connectivity index (χ2n) is 6.49. The SMILES string of the molecule is C[C@@H]1CN([C@@H](C)CO)S(=O)(=O)c2ccc(Br)cc2O[C@H]1CN(C)C(=O)O. The topological polar surface area (TPSA) is 107 Å². The summed E-state index contributed by atoms with van der Waals surface area (Å²) in [5, 5.41) is 18.7. The first-order chi connectivity index (χ1) is 12.1. The normalized spacial score (nSPS) is 23.9. The van der Waals surface area contributed by atoms with Gasteiger partial charge in [0, 0.05) is 30.0 Å². The maximum Gasteiger partial charge on any atom is 0.407 e. The number of carboxylic acid groups (broad SMARTS) is 1. The molecular formula is C16H23BrN2O6S. The molecule has 0 saturated carbocycles. The molecule has 1 aromatic carbocycles. The minimum Gasteiger partial charge on any atom is -0.487 e. The van der Waals surface area contributed by atoms with Crippen LogP contribution in [0.4, 0.5) is 4.79 Å². The van der Waals surface area contributed by atoms with Crippen LogP contribution < -0.4 is 4.74 Å². The number of hydrogen-bond acceptors (Lipinski definition) is 5. The molecule has 0 unspecified atom stereocenters. The third kappa shape index (κ3) is 4.30. The smallest absolute Gasteiger partial charge is 0.407 e. The number of sulfonamides is 1. The number of likely N-dealkylation sites (N-methyl/N-ethyl adjacent to an activating group) is 1. The van der Waals surface area contributed by atoms with Crippen molar-refractivity contribution in [1.29, 1.82) is 0 Å². The predicted octanol–water partition coefficient (Wildman–Crippen LogP) is 1.83. The first-order valence-electron chi connectivity index (χ1n) is 8.11. The molecule has 8 nitrogen and oxygen atoms in total. The van der Waals surface area contributed by atoms with Gasteiger partial charge < -0.3 is 19.8 Å². The molecule has 146 valence electrons. The third-order valence-electron chi connectivity index (χ3n) is 4.41. The molecule has 0 spiro atoms.